The Morgan fingerprint density at radius 1 is 1.07 bits per heavy atom. The number of likely N-dealkylation sites (tertiary alicyclic amines) is 1. The zero-order valence-corrected chi connectivity index (χ0v) is 16.9. The fraction of sp³-hybridized carbons (Fsp3) is 0.458. The summed E-state index contributed by atoms with van der Waals surface area (Å²) in [6, 6.07) is 17.1. The predicted octanol–water partition coefficient (Wildman–Crippen LogP) is 4.40. The molecule has 2 aromatic rings. The van der Waals surface area contributed by atoms with Gasteiger partial charge in [-0.15, -0.1) is 0 Å². The molecule has 0 bridgehead atoms. The second kappa shape index (κ2) is 9.18. The minimum absolute atomic E-state index is 0.104. The van der Waals surface area contributed by atoms with Gasteiger partial charge in [0.15, 0.2) is 0 Å². The lowest BCUT2D eigenvalue weighted by atomic mass is 10.0. The number of carbonyl (C=O) groups excluding carboxylic acids is 1. The highest BCUT2D eigenvalue weighted by atomic mass is 16.2. The second-order valence-electron chi connectivity index (χ2n) is 7.79. The molecule has 2 aromatic carbocycles. The summed E-state index contributed by atoms with van der Waals surface area (Å²) >= 11 is 0. The Balaban J connectivity index is 1.79. The Bertz CT molecular complexity index is 747. The average Bonchev–Trinajstić information content (AvgIpc) is 3.20. The number of carbonyl (C=O) groups is 1. The number of nitrogens with zero attached hydrogens (tertiary/aromatic N) is 2. The number of amides is 1. The average molecular weight is 365 g/mol. The molecule has 27 heavy (non-hydrogen) atoms. The Morgan fingerprint density at radius 3 is 2.44 bits per heavy atom. The van der Waals surface area contributed by atoms with Gasteiger partial charge in [-0.25, -0.2) is 0 Å². The summed E-state index contributed by atoms with van der Waals surface area (Å²) in [6.45, 7) is 7.46. The molecule has 1 heterocycles. The number of hydrogen-bond acceptors (Lipinski definition) is 2. The van der Waals surface area contributed by atoms with E-state index in [2.05, 4.69) is 67.3 Å². The van der Waals surface area contributed by atoms with Crippen molar-refractivity contribution < 1.29 is 4.79 Å². The fourth-order valence-corrected chi connectivity index (χ4v) is 3.86. The highest BCUT2D eigenvalue weighted by Crippen LogP contribution is 2.25. The van der Waals surface area contributed by atoms with Crippen LogP contribution in [-0.2, 0) is 17.6 Å². The summed E-state index contributed by atoms with van der Waals surface area (Å²) in [5.74, 6) is 0.185. The van der Waals surface area contributed by atoms with Crippen LogP contribution in [-0.4, -0.2) is 42.4 Å². The van der Waals surface area contributed by atoms with Crippen LogP contribution in [0, 0.1) is 6.92 Å². The molecule has 3 heteroatoms. The first-order valence-corrected chi connectivity index (χ1v) is 10.2. The van der Waals surface area contributed by atoms with Gasteiger partial charge in [-0.3, -0.25) is 4.79 Å². The van der Waals surface area contributed by atoms with Gasteiger partial charge >= 0.3 is 0 Å². The summed E-state index contributed by atoms with van der Waals surface area (Å²) in [5, 5.41) is 0. The molecule has 0 aliphatic carbocycles. The zero-order chi connectivity index (χ0) is 19.2. The lowest BCUT2D eigenvalue weighted by Gasteiger charge is -2.32. The number of benzene rings is 2. The topological polar surface area (TPSA) is 23.6 Å². The lowest BCUT2D eigenvalue weighted by Crippen LogP contribution is -2.39. The minimum atomic E-state index is 0.104. The van der Waals surface area contributed by atoms with E-state index in [1.807, 2.05) is 11.9 Å². The van der Waals surface area contributed by atoms with Gasteiger partial charge in [0, 0.05) is 13.6 Å². The van der Waals surface area contributed by atoms with Crippen molar-refractivity contribution in [2.45, 2.75) is 45.6 Å². The van der Waals surface area contributed by atoms with Crippen LogP contribution in [0.1, 0.15) is 48.1 Å². The molecule has 1 atom stereocenters. The normalized spacial score (nSPS) is 15.7. The fourth-order valence-electron chi connectivity index (χ4n) is 3.86. The number of rotatable bonds is 7. The highest BCUT2D eigenvalue weighted by molar-refractivity contribution is 5.79. The van der Waals surface area contributed by atoms with Crippen molar-refractivity contribution in [1.29, 1.82) is 0 Å². The second-order valence-corrected chi connectivity index (χ2v) is 7.79. The van der Waals surface area contributed by atoms with E-state index >= 15 is 0 Å². The largest absolute Gasteiger partial charge is 0.337 e. The maximum absolute atomic E-state index is 13.0. The van der Waals surface area contributed by atoms with Crippen molar-refractivity contribution in [2.75, 3.05) is 26.7 Å². The monoisotopic (exact) mass is 364 g/mol. The Morgan fingerprint density at radius 2 is 1.78 bits per heavy atom. The molecular formula is C24H32N2O. The quantitative estimate of drug-likeness (QED) is 0.727. The van der Waals surface area contributed by atoms with Crippen LogP contribution in [0.15, 0.2) is 48.5 Å². The SMILES string of the molecule is CCc1cccc([C@@H](CN2CCCC2)N(C)C(=O)Cc2ccc(C)cc2)c1. The molecule has 3 nitrogen and oxygen atoms in total. The number of hydrogen-bond donors (Lipinski definition) is 0. The predicted molar refractivity (Wildman–Crippen MR) is 112 cm³/mol. The molecule has 1 fully saturated rings. The molecule has 1 saturated heterocycles. The van der Waals surface area contributed by atoms with Crippen LogP contribution in [0.4, 0.5) is 0 Å². The van der Waals surface area contributed by atoms with Crippen LogP contribution in [0.3, 0.4) is 0 Å². The third-order valence-electron chi connectivity index (χ3n) is 5.71. The summed E-state index contributed by atoms with van der Waals surface area (Å²) in [4.78, 5) is 17.5. The van der Waals surface area contributed by atoms with Crippen LogP contribution in [0.25, 0.3) is 0 Å². The lowest BCUT2D eigenvalue weighted by molar-refractivity contribution is -0.131. The molecule has 1 aliphatic rings. The zero-order valence-electron chi connectivity index (χ0n) is 16.9. The van der Waals surface area contributed by atoms with Crippen LogP contribution < -0.4 is 0 Å². The molecule has 0 saturated carbocycles. The third-order valence-corrected chi connectivity index (χ3v) is 5.71. The molecule has 0 unspecified atom stereocenters. The van der Waals surface area contributed by atoms with E-state index in [-0.39, 0.29) is 11.9 Å². The van der Waals surface area contributed by atoms with E-state index in [4.69, 9.17) is 0 Å². The smallest absolute Gasteiger partial charge is 0.227 e. The van der Waals surface area contributed by atoms with Gasteiger partial charge in [-0.05, 0) is 56.0 Å². The van der Waals surface area contributed by atoms with Gasteiger partial charge in [0.1, 0.15) is 0 Å². The van der Waals surface area contributed by atoms with Crippen molar-refractivity contribution in [2.24, 2.45) is 0 Å². The Hall–Kier alpha value is -2.13. The molecule has 3 rings (SSSR count). The third kappa shape index (κ3) is 5.20. The van der Waals surface area contributed by atoms with E-state index in [1.165, 1.54) is 29.5 Å². The molecule has 0 radical (unpaired) electrons. The van der Waals surface area contributed by atoms with Crippen molar-refractivity contribution in [3.05, 3.63) is 70.8 Å². The molecule has 0 N–H and O–H groups in total. The van der Waals surface area contributed by atoms with Gasteiger partial charge in [0.2, 0.25) is 5.91 Å². The van der Waals surface area contributed by atoms with Crippen molar-refractivity contribution >= 4 is 5.91 Å². The first-order chi connectivity index (χ1) is 13.1. The van der Waals surface area contributed by atoms with Gasteiger partial charge in [0.05, 0.1) is 12.5 Å². The van der Waals surface area contributed by atoms with E-state index in [0.717, 1.165) is 31.6 Å². The van der Waals surface area contributed by atoms with E-state index in [9.17, 15) is 4.79 Å². The maximum atomic E-state index is 13.0. The summed E-state index contributed by atoms with van der Waals surface area (Å²) < 4.78 is 0. The molecular weight excluding hydrogens is 332 g/mol. The number of aryl methyl sites for hydroxylation is 2. The summed E-state index contributed by atoms with van der Waals surface area (Å²) in [5.41, 5.74) is 4.89. The van der Waals surface area contributed by atoms with Gasteiger partial charge in [0.25, 0.3) is 0 Å². The Kier molecular flexibility index (Phi) is 6.68. The van der Waals surface area contributed by atoms with Crippen molar-refractivity contribution in [1.82, 2.24) is 9.80 Å². The van der Waals surface area contributed by atoms with Gasteiger partial charge in [-0.2, -0.15) is 0 Å². The molecule has 1 amide bonds. The van der Waals surface area contributed by atoms with Crippen LogP contribution in [0.2, 0.25) is 0 Å². The molecule has 1 aliphatic heterocycles. The van der Waals surface area contributed by atoms with Crippen LogP contribution >= 0.6 is 0 Å². The summed E-state index contributed by atoms with van der Waals surface area (Å²) in [7, 11) is 1.97. The van der Waals surface area contributed by atoms with E-state index < -0.39 is 0 Å². The van der Waals surface area contributed by atoms with Gasteiger partial charge < -0.3 is 9.80 Å². The summed E-state index contributed by atoms with van der Waals surface area (Å²) in [6.07, 6.45) is 4.01. The Labute approximate surface area is 164 Å². The standard InChI is InChI=1S/C24H32N2O/c1-4-20-8-7-9-22(16-20)23(18-26-14-5-6-15-26)25(3)24(27)17-21-12-10-19(2)11-13-21/h7-13,16,23H,4-6,14-15,17-18H2,1-3H3/t23-/m1/s1. The van der Waals surface area contributed by atoms with Crippen molar-refractivity contribution in [3.63, 3.8) is 0 Å². The minimum Gasteiger partial charge on any atom is -0.337 e. The first kappa shape index (κ1) is 19.6. The first-order valence-electron chi connectivity index (χ1n) is 10.2. The van der Waals surface area contributed by atoms with Crippen LogP contribution in [0.5, 0.6) is 0 Å². The molecule has 0 spiro atoms. The van der Waals surface area contributed by atoms with E-state index in [0.29, 0.717) is 6.42 Å². The highest BCUT2D eigenvalue weighted by Gasteiger charge is 2.25. The molecule has 0 aromatic heterocycles. The number of likely N-dealkylation sites (N-methyl/N-ethyl adjacent to an activating group) is 1. The molecule has 144 valence electrons. The van der Waals surface area contributed by atoms with Gasteiger partial charge in [-0.1, -0.05) is 61.0 Å². The maximum Gasteiger partial charge on any atom is 0.227 e. The van der Waals surface area contributed by atoms with E-state index in [1.54, 1.807) is 0 Å². The van der Waals surface area contributed by atoms with Crippen molar-refractivity contribution in [3.8, 4) is 0 Å².